The molecule has 0 aromatic heterocycles. The molecule has 0 fully saturated rings. The number of aliphatic hydroxyl groups excluding tert-OH is 1. The first-order chi connectivity index (χ1) is 6.20. The van der Waals surface area contributed by atoms with Gasteiger partial charge in [-0.1, -0.05) is 18.2 Å². The molecule has 1 aromatic carbocycles. The maximum atomic E-state index is 10.00. The second kappa shape index (κ2) is 4.42. The van der Waals surface area contributed by atoms with Gasteiger partial charge in [-0.25, -0.2) is 0 Å². The summed E-state index contributed by atoms with van der Waals surface area (Å²) in [4.78, 5) is 9.19. The molecule has 1 aromatic rings. The molecule has 0 aliphatic carbocycles. The van der Waals surface area contributed by atoms with E-state index >= 15 is 0 Å². The maximum absolute atomic E-state index is 10.00. The third kappa shape index (κ3) is 3.08. The molecule has 1 atom stereocenters. The van der Waals surface area contributed by atoms with Crippen molar-refractivity contribution in [3.8, 4) is 5.75 Å². The van der Waals surface area contributed by atoms with Crippen LogP contribution >= 0.6 is 0 Å². The number of hydrogen-bond donors (Lipinski definition) is 1. The summed E-state index contributed by atoms with van der Waals surface area (Å²) >= 11 is 0. The Kier molecular flexibility index (Phi) is 3.22. The minimum absolute atomic E-state index is 0.336. The molecule has 0 radical (unpaired) electrons. The van der Waals surface area contributed by atoms with Crippen molar-refractivity contribution in [2.75, 3.05) is 6.61 Å². The Labute approximate surface area is 74.7 Å². The van der Waals surface area contributed by atoms with Gasteiger partial charge < -0.3 is 9.84 Å². The van der Waals surface area contributed by atoms with Gasteiger partial charge in [0.05, 0.1) is 4.92 Å². The first-order valence-corrected chi connectivity index (χ1v) is 3.69. The molecular weight excluding hydrogens is 174 g/mol. The minimum atomic E-state index is -1.67. The largest absolute Gasteiger partial charge is 0.484 e. The molecule has 70 valence electrons. The highest BCUT2D eigenvalue weighted by Gasteiger charge is 2.15. The summed E-state index contributed by atoms with van der Waals surface area (Å²) < 4.78 is 4.94. The van der Waals surface area contributed by atoms with E-state index in [0.29, 0.717) is 5.75 Å². The topological polar surface area (TPSA) is 72.6 Å². The van der Waals surface area contributed by atoms with Gasteiger partial charge in [0.15, 0.2) is 6.61 Å². The summed E-state index contributed by atoms with van der Waals surface area (Å²) in [5, 5.41) is 18.8. The Morgan fingerprint density at radius 3 is 2.62 bits per heavy atom. The smallest absolute Gasteiger partial charge is 0.347 e. The molecule has 1 unspecified atom stereocenters. The van der Waals surface area contributed by atoms with Gasteiger partial charge in [0.25, 0.3) is 0 Å². The van der Waals surface area contributed by atoms with Crippen LogP contribution in [0.4, 0.5) is 0 Å². The van der Waals surface area contributed by atoms with E-state index in [1.54, 1.807) is 30.3 Å². The van der Waals surface area contributed by atoms with Crippen LogP contribution in [0, 0.1) is 10.1 Å². The number of ether oxygens (including phenoxy) is 1. The normalized spacial score (nSPS) is 12.1. The molecule has 0 saturated carbocycles. The lowest BCUT2D eigenvalue weighted by Crippen LogP contribution is -2.26. The first-order valence-electron chi connectivity index (χ1n) is 3.69. The summed E-state index contributed by atoms with van der Waals surface area (Å²) in [5.41, 5.74) is 0. The van der Waals surface area contributed by atoms with Gasteiger partial charge in [0.2, 0.25) is 0 Å². The van der Waals surface area contributed by atoms with E-state index < -0.39 is 11.2 Å². The maximum Gasteiger partial charge on any atom is 0.347 e. The van der Waals surface area contributed by atoms with Gasteiger partial charge in [-0.05, 0) is 12.1 Å². The van der Waals surface area contributed by atoms with E-state index in [9.17, 15) is 10.1 Å². The third-order valence-corrected chi connectivity index (χ3v) is 1.39. The van der Waals surface area contributed by atoms with E-state index in [1.807, 2.05) is 0 Å². The average Bonchev–Trinajstić information content (AvgIpc) is 2.15. The zero-order valence-electron chi connectivity index (χ0n) is 6.79. The van der Waals surface area contributed by atoms with Crippen LogP contribution in [-0.2, 0) is 0 Å². The number of rotatable bonds is 4. The Bertz CT molecular complexity index is 275. The van der Waals surface area contributed by atoms with Crippen molar-refractivity contribution in [2.24, 2.45) is 0 Å². The van der Waals surface area contributed by atoms with Crippen LogP contribution in [0.3, 0.4) is 0 Å². The molecule has 0 spiro atoms. The molecule has 1 N–H and O–H groups in total. The average molecular weight is 183 g/mol. The van der Waals surface area contributed by atoms with Gasteiger partial charge in [-0.3, -0.25) is 10.1 Å². The van der Waals surface area contributed by atoms with E-state index in [2.05, 4.69) is 0 Å². The number of hydrogen-bond acceptors (Lipinski definition) is 4. The number of nitrogens with zero attached hydrogens (tertiary/aromatic N) is 1. The highest BCUT2D eigenvalue weighted by molar-refractivity contribution is 5.20. The van der Waals surface area contributed by atoms with Crippen molar-refractivity contribution in [3.63, 3.8) is 0 Å². The second-order valence-electron chi connectivity index (χ2n) is 2.39. The molecule has 1 rings (SSSR count). The zero-order valence-corrected chi connectivity index (χ0v) is 6.79. The van der Waals surface area contributed by atoms with E-state index in [-0.39, 0.29) is 6.61 Å². The summed E-state index contributed by atoms with van der Waals surface area (Å²) in [5.74, 6) is 0.503. The summed E-state index contributed by atoms with van der Waals surface area (Å²) in [6.45, 7) is -0.336. The third-order valence-electron chi connectivity index (χ3n) is 1.39. The Morgan fingerprint density at radius 1 is 1.46 bits per heavy atom. The van der Waals surface area contributed by atoms with Gasteiger partial charge in [-0.2, -0.15) is 0 Å². The van der Waals surface area contributed by atoms with Gasteiger partial charge in [-0.15, -0.1) is 0 Å². The lowest BCUT2D eigenvalue weighted by Gasteiger charge is -2.05. The second-order valence-corrected chi connectivity index (χ2v) is 2.39. The molecular formula is C8H9NO4. The fraction of sp³-hybridized carbons (Fsp3) is 0.250. The number of aliphatic hydroxyl groups is 1. The number of benzene rings is 1. The van der Waals surface area contributed by atoms with Gasteiger partial charge in [0, 0.05) is 0 Å². The quantitative estimate of drug-likeness (QED) is 0.422. The molecule has 0 heterocycles. The number of nitro groups is 1. The molecule has 13 heavy (non-hydrogen) atoms. The van der Waals surface area contributed by atoms with Crippen molar-refractivity contribution >= 4 is 0 Å². The summed E-state index contributed by atoms with van der Waals surface area (Å²) in [7, 11) is 0. The van der Waals surface area contributed by atoms with E-state index in [4.69, 9.17) is 9.84 Å². The van der Waals surface area contributed by atoms with Crippen molar-refractivity contribution in [2.45, 2.75) is 6.23 Å². The van der Waals surface area contributed by atoms with Crippen LogP contribution in [0.2, 0.25) is 0 Å². The van der Waals surface area contributed by atoms with E-state index in [1.165, 1.54) is 0 Å². The van der Waals surface area contributed by atoms with Crippen LogP contribution in [0.5, 0.6) is 5.75 Å². The highest BCUT2D eigenvalue weighted by Crippen LogP contribution is 2.08. The van der Waals surface area contributed by atoms with E-state index in [0.717, 1.165) is 0 Å². The first kappa shape index (κ1) is 9.47. The number of para-hydroxylation sites is 1. The summed E-state index contributed by atoms with van der Waals surface area (Å²) in [6, 6.07) is 8.61. The van der Waals surface area contributed by atoms with Crippen molar-refractivity contribution in [1.29, 1.82) is 0 Å². The molecule has 0 aliphatic rings. The standard InChI is InChI=1S/C8H9NO4/c10-8(9(11)12)6-13-7-4-2-1-3-5-7/h1-5,8,10H,6H2. The zero-order chi connectivity index (χ0) is 9.68. The Balaban J connectivity index is 2.39. The van der Waals surface area contributed by atoms with Gasteiger partial charge >= 0.3 is 6.23 Å². The Hall–Kier alpha value is -1.62. The highest BCUT2D eigenvalue weighted by atomic mass is 16.7. The van der Waals surface area contributed by atoms with Crippen LogP contribution < -0.4 is 4.74 Å². The fourth-order valence-electron chi connectivity index (χ4n) is 0.748. The minimum Gasteiger partial charge on any atom is -0.484 e. The monoisotopic (exact) mass is 183 g/mol. The molecule has 0 bridgehead atoms. The van der Waals surface area contributed by atoms with Crippen molar-refractivity contribution < 1.29 is 14.8 Å². The van der Waals surface area contributed by atoms with Crippen LogP contribution in [0.15, 0.2) is 30.3 Å². The van der Waals surface area contributed by atoms with Crippen molar-refractivity contribution in [1.82, 2.24) is 0 Å². The lowest BCUT2D eigenvalue weighted by molar-refractivity contribution is -0.572. The Morgan fingerprint density at radius 2 is 2.08 bits per heavy atom. The molecule has 0 amide bonds. The predicted molar refractivity (Wildman–Crippen MR) is 44.9 cm³/mol. The lowest BCUT2D eigenvalue weighted by atomic mass is 10.3. The van der Waals surface area contributed by atoms with Crippen LogP contribution in [0.1, 0.15) is 0 Å². The van der Waals surface area contributed by atoms with Crippen LogP contribution in [0.25, 0.3) is 0 Å². The van der Waals surface area contributed by atoms with Crippen LogP contribution in [-0.4, -0.2) is 22.9 Å². The predicted octanol–water partition coefficient (Wildman–Crippen LogP) is 0.660. The summed E-state index contributed by atoms with van der Waals surface area (Å²) in [6.07, 6.45) is -1.67. The van der Waals surface area contributed by atoms with Gasteiger partial charge in [0.1, 0.15) is 5.75 Å². The molecule has 5 heteroatoms. The molecule has 0 saturated heterocycles. The SMILES string of the molecule is O=[N+]([O-])C(O)COc1ccccc1. The van der Waals surface area contributed by atoms with Crippen molar-refractivity contribution in [3.05, 3.63) is 40.4 Å². The molecule has 0 aliphatic heterocycles. The fourth-order valence-corrected chi connectivity index (χ4v) is 0.748. The molecule has 5 nitrogen and oxygen atoms in total.